The van der Waals surface area contributed by atoms with E-state index >= 15 is 0 Å². The van der Waals surface area contributed by atoms with Crippen molar-refractivity contribution in [1.82, 2.24) is 4.98 Å². The number of carbonyl (C=O) groups excluding carboxylic acids is 2. The predicted molar refractivity (Wildman–Crippen MR) is 97.6 cm³/mol. The predicted octanol–water partition coefficient (Wildman–Crippen LogP) is 4.05. The monoisotopic (exact) mass is 370 g/mol. The van der Waals surface area contributed by atoms with Crippen molar-refractivity contribution in [3.63, 3.8) is 0 Å². The maximum absolute atomic E-state index is 13.5. The van der Waals surface area contributed by atoms with Crippen molar-refractivity contribution in [2.24, 2.45) is 0 Å². The van der Waals surface area contributed by atoms with Gasteiger partial charge in [0.1, 0.15) is 10.8 Å². The zero-order valence-corrected chi connectivity index (χ0v) is 14.7. The molecule has 0 atom stereocenters. The molecule has 1 heterocycles. The van der Waals surface area contributed by atoms with Crippen LogP contribution in [-0.4, -0.2) is 23.5 Å². The summed E-state index contributed by atoms with van der Waals surface area (Å²) in [4.78, 5) is 28.1. The smallest absolute Gasteiger partial charge is 0.358 e. The first kappa shape index (κ1) is 17.8. The first-order valence-corrected chi connectivity index (χ1v) is 8.65. The maximum Gasteiger partial charge on any atom is 0.358 e. The number of aromatic nitrogens is 1. The molecule has 26 heavy (non-hydrogen) atoms. The summed E-state index contributed by atoms with van der Waals surface area (Å²) in [7, 11) is 0. The van der Waals surface area contributed by atoms with Gasteiger partial charge in [-0.3, -0.25) is 4.79 Å². The largest absolute Gasteiger partial charge is 0.451 e. The molecule has 0 aliphatic rings. The van der Waals surface area contributed by atoms with Crippen LogP contribution in [0.3, 0.4) is 0 Å². The molecule has 7 heteroatoms. The molecule has 0 spiro atoms. The van der Waals surface area contributed by atoms with E-state index in [4.69, 9.17) is 4.74 Å². The summed E-state index contributed by atoms with van der Waals surface area (Å²) in [6.07, 6.45) is 0. The van der Waals surface area contributed by atoms with E-state index in [0.717, 1.165) is 5.56 Å². The fraction of sp³-hybridized carbons (Fsp3) is 0.105. The first-order valence-electron chi connectivity index (χ1n) is 7.77. The average molecular weight is 370 g/mol. The minimum absolute atomic E-state index is 0.142. The molecule has 0 saturated carbocycles. The zero-order chi connectivity index (χ0) is 18.5. The van der Waals surface area contributed by atoms with E-state index < -0.39 is 24.3 Å². The maximum atomic E-state index is 13.5. The topological polar surface area (TPSA) is 68.3 Å². The van der Waals surface area contributed by atoms with Gasteiger partial charge in [-0.15, -0.1) is 11.3 Å². The standard InChI is InChI=1S/C19H15FN2O3S/c1-12-7-8-14(9-15(12)20)21-17(23)10-25-19(24)16-11-26-18(22-16)13-5-3-2-4-6-13/h2-9,11H,10H2,1H3,(H,21,23). The lowest BCUT2D eigenvalue weighted by Gasteiger charge is -2.06. The fourth-order valence-electron chi connectivity index (χ4n) is 2.15. The van der Waals surface area contributed by atoms with Crippen molar-refractivity contribution in [3.05, 3.63) is 71.0 Å². The van der Waals surface area contributed by atoms with Crippen molar-refractivity contribution < 1.29 is 18.7 Å². The van der Waals surface area contributed by atoms with Crippen LogP contribution >= 0.6 is 11.3 Å². The second kappa shape index (κ2) is 7.88. The summed E-state index contributed by atoms with van der Waals surface area (Å²) < 4.78 is 18.4. The number of nitrogens with zero attached hydrogens (tertiary/aromatic N) is 1. The number of aryl methyl sites for hydroxylation is 1. The lowest BCUT2D eigenvalue weighted by atomic mass is 10.2. The van der Waals surface area contributed by atoms with Crippen LogP contribution < -0.4 is 5.32 Å². The van der Waals surface area contributed by atoms with Crippen LogP contribution in [0.4, 0.5) is 10.1 Å². The number of thiazole rings is 1. The van der Waals surface area contributed by atoms with E-state index in [2.05, 4.69) is 10.3 Å². The minimum Gasteiger partial charge on any atom is -0.451 e. The van der Waals surface area contributed by atoms with Gasteiger partial charge in [0, 0.05) is 16.6 Å². The van der Waals surface area contributed by atoms with E-state index in [1.807, 2.05) is 30.3 Å². The number of anilines is 1. The molecule has 1 aromatic heterocycles. The third-order valence-electron chi connectivity index (χ3n) is 3.52. The molecule has 132 valence electrons. The lowest BCUT2D eigenvalue weighted by Crippen LogP contribution is -2.21. The Morgan fingerprint density at radius 2 is 1.96 bits per heavy atom. The molecule has 1 amide bonds. The lowest BCUT2D eigenvalue weighted by molar-refractivity contribution is -0.119. The number of ether oxygens (including phenoxy) is 1. The van der Waals surface area contributed by atoms with Crippen LogP contribution in [0.5, 0.6) is 0 Å². The van der Waals surface area contributed by atoms with Gasteiger partial charge in [0.15, 0.2) is 12.3 Å². The summed E-state index contributed by atoms with van der Waals surface area (Å²) in [6, 6.07) is 13.8. The van der Waals surface area contributed by atoms with Gasteiger partial charge in [0.25, 0.3) is 5.91 Å². The highest BCUT2D eigenvalue weighted by Crippen LogP contribution is 2.23. The molecule has 0 aliphatic heterocycles. The molecule has 2 aromatic carbocycles. The number of esters is 1. The van der Waals surface area contributed by atoms with Crippen LogP contribution in [0.1, 0.15) is 16.1 Å². The van der Waals surface area contributed by atoms with E-state index in [-0.39, 0.29) is 5.69 Å². The van der Waals surface area contributed by atoms with Crippen LogP contribution in [0.15, 0.2) is 53.9 Å². The van der Waals surface area contributed by atoms with Gasteiger partial charge in [-0.25, -0.2) is 14.2 Å². The number of halogens is 1. The van der Waals surface area contributed by atoms with Crippen molar-refractivity contribution in [2.75, 3.05) is 11.9 Å². The van der Waals surface area contributed by atoms with Crippen molar-refractivity contribution in [1.29, 1.82) is 0 Å². The van der Waals surface area contributed by atoms with Gasteiger partial charge >= 0.3 is 5.97 Å². The molecular formula is C19H15FN2O3S. The molecule has 0 unspecified atom stereocenters. The van der Waals surface area contributed by atoms with Crippen LogP contribution in [0, 0.1) is 12.7 Å². The Morgan fingerprint density at radius 1 is 1.19 bits per heavy atom. The van der Waals surface area contributed by atoms with Crippen molar-refractivity contribution in [2.45, 2.75) is 6.92 Å². The average Bonchev–Trinajstić information content (AvgIpc) is 3.14. The van der Waals surface area contributed by atoms with Gasteiger partial charge in [-0.1, -0.05) is 36.4 Å². The van der Waals surface area contributed by atoms with Crippen molar-refractivity contribution >= 4 is 28.9 Å². The number of hydrogen-bond donors (Lipinski definition) is 1. The molecular weight excluding hydrogens is 355 g/mol. The second-order valence-corrected chi connectivity index (χ2v) is 6.35. The van der Waals surface area contributed by atoms with Gasteiger partial charge in [-0.05, 0) is 24.6 Å². The third-order valence-corrected chi connectivity index (χ3v) is 4.42. The highest BCUT2D eigenvalue weighted by molar-refractivity contribution is 7.13. The Morgan fingerprint density at radius 3 is 2.69 bits per heavy atom. The molecule has 3 aromatic rings. The summed E-state index contributed by atoms with van der Waals surface area (Å²) in [5.74, 6) is -1.66. The van der Waals surface area contributed by atoms with Gasteiger partial charge in [-0.2, -0.15) is 0 Å². The SMILES string of the molecule is Cc1ccc(NC(=O)COC(=O)c2csc(-c3ccccc3)n2)cc1F. The summed E-state index contributed by atoms with van der Waals surface area (Å²) >= 11 is 1.32. The van der Waals surface area contributed by atoms with Gasteiger partial charge in [0.05, 0.1) is 0 Å². The summed E-state index contributed by atoms with van der Waals surface area (Å²) in [6.45, 7) is 1.15. The Bertz CT molecular complexity index is 941. The Balaban J connectivity index is 1.56. The highest BCUT2D eigenvalue weighted by atomic mass is 32.1. The molecule has 5 nitrogen and oxygen atoms in total. The molecule has 0 bridgehead atoms. The van der Waals surface area contributed by atoms with Crippen LogP contribution in [0.2, 0.25) is 0 Å². The van der Waals surface area contributed by atoms with E-state index in [1.165, 1.54) is 17.4 Å². The summed E-state index contributed by atoms with van der Waals surface area (Å²) in [5.41, 5.74) is 1.82. The number of nitrogens with one attached hydrogen (secondary N) is 1. The van der Waals surface area contributed by atoms with Gasteiger partial charge < -0.3 is 10.1 Å². The number of carbonyl (C=O) groups is 2. The molecule has 0 aliphatic carbocycles. The van der Waals surface area contributed by atoms with Crippen LogP contribution in [0.25, 0.3) is 10.6 Å². The Kier molecular flexibility index (Phi) is 5.38. The van der Waals surface area contributed by atoms with E-state index in [1.54, 1.807) is 24.4 Å². The zero-order valence-electron chi connectivity index (χ0n) is 13.9. The molecule has 0 radical (unpaired) electrons. The fourth-order valence-corrected chi connectivity index (χ4v) is 2.95. The molecule has 0 fully saturated rings. The minimum atomic E-state index is -0.686. The van der Waals surface area contributed by atoms with Crippen LogP contribution in [-0.2, 0) is 9.53 Å². The third kappa shape index (κ3) is 4.31. The Hall–Kier alpha value is -3.06. The van der Waals surface area contributed by atoms with Crippen molar-refractivity contribution in [3.8, 4) is 10.6 Å². The number of benzene rings is 2. The normalized spacial score (nSPS) is 10.4. The number of hydrogen-bond acceptors (Lipinski definition) is 5. The summed E-state index contributed by atoms with van der Waals surface area (Å²) in [5, 5.41) is 4.75. The van der Waals surface area contributed by atoms with Gasteiger partial charge in [0.2, 0.25) is 0 Å². The van der Waals surface area contributed by atoms with E-state index in [9.17, 15) is 14.0 Å². The Labute approximate surface area is 153 Å². The number of amides is 1. The first-order chi connectivity index (χ1) is 12.5. The quantitative estimate of drug-likeness (QED) is 0.688. The molecule has 0 saturated heterocycles. The highest BCUT2D eigenvalue weighted by Gasteiger charge is 2.15. The van der Waals surface area contributed by atoms with E-state index in [0.29, 0.717) is 16.3 Å². The number of rotatable bonds is 5. The molecule has 1 N–H and O–H groups in total. The molecule has 3 rings (SSSR count). The second-order valence-electron chi connectivity index (χ2n) is 5.49.